The third-order valence-electron chi connectivity index (χ3n) is 5.76. The number of carbonyl (C=O) groups excluding carboxylic acids is 1. The van der Waals surface area contributed by atoms with Crippen LogP contribution in [-0.2, 0) is 4.79 Å². The van der Waals surface area contributed by atoms with Gasteiger partial charge in [-0.2, -0.15) is 0 Å². The molecule has 2 aliphatic carbocycles. The molecule has 0 amide bonds. The van der Waals surface area contributed by atoms with Crippen molar-refractivity contribution in [3.63, 3.8) is 0 Å². The van der Waals surface area contributed by atoms with E-state index in [1.54, 1.807) is 0 Å². The van der Waals surface area contributed by atoms with Crippen molar-refractivity contribution in [1.29, 1.82) is 0 Å². The first-order valence-corrected chi connectivity index (χ1v) is 8.71. The summed E-state index contributed by atoms with van der Waals surface area (Å²) < 4.78 is 1.12. The molecule has 2 heteroatoms. The van der Waals surface area contributed by atoms with Crippen molar-refractivity contribution in [3.05, 3.63) is 34.3 Å². The van der Waals surface area contributed by atoms with Crippen LogP contribution in [0.4, 0.5) is 0 Å². The Balaban J connectivity index is 1.96. The van der Waals surface area contributed by atoms with Gasteiger partial charge in [-0.15, -0.1) is 0 Å². The second-order valence-corrected chi connectivity index (χ2v) is 7.53. The molecular weight excluding hydrogens is 312 g/mol. The van der Waals surface area contributed by atoms with Gasteiger partial charge in [0.05, 0.1) is 0 Å². The predicted molar refractivity (Wildman–Crippen MR) is 85.8 cm³/mol. The summed E-state index contributed by atoms with van der Waals surface area (Å²) in [6.07, 6.45) is 9.88. The molecule has 1 nitrogen and oxygen atoms in total. The van der Waals surface area contributed by atoms with E-state index in [9.17, 15) is 4.79 Å². The fraction of sp³-hybridized carbons (Fsp3) is 0.611. The zero-order chi connectivity index (χ0) is 14.2. The molecule has 3 atom stereocenters. The minimum Gasteiger partial charge on any atom is -0.303 e. The molecule has 0 heterocycles. The first-order chi connectivity index (χ1) is 9.70. The average molecular weight is 335 g/mol. The number of fused-ring (bicyclic) bond motifs is 1. The van der Waals surface area contributed by atoms with Crippen LogP contribution < -0.4 is 0 Å². The number of rotatable bonds is 5. The maximum absolute atomic E-state index is 11.9. The molecule has 0 aromatic heterocycles. The number of benzene rings is 1. The molecule has 0 radical (unpaired) electrons. The molecule has 2 aliphatic rings. The van der Waals surface area contributed by atoms with Gasteiger partial charge in [-0.25, -0.2) is 0 Å². The summed E-state index contributed by atoms with van der Waals surface area (Å²) in [5, 5.41) is 0. The monoisotopic (exact) mass is 334 g/mol. The highest BCUT2D eigenvalue weighted by atomic mass is 79.9. The molecule has 0 N–H and O–H groups in total. The summed E-state index contributed by atoms with van der Waals surface area (Å²) in [7, 11) is 0. The Bertz CT molecular complexity index is 495. The topological polar surface area (TPSA) is 17.1 Å². The van der Waals surface area contributed by atoms with Crippen molar-refractivity contribution in [2.45, 2.75) is 57.8 Å². The fourth-order valence-corrected chi connectivity index (χ4v) is 5.10. The molecule has 2 fully saturated rings. The molecule has 1 aromatic rings. The Morgan fingerprint density at radius 1 is 1.25 bits per heavy atom. The maximum atomic E-state index is 11.9. The van der Waals surface area contributed by atoms with Gasteiger partial charge in [-0.3, -0.25) is 0 Å². The molecule has 2 saturated carbocycles. The fourth-order valence-electron chi connectivity index (χ4n) is 4.83. The molecule has 0 bridgehead atoms. The molecule has 20 heavy (non-hydrogen) atoms. The van der Waals surface area contributed by atoms with Gasteiger partial charge in [-0.05, 0) is 42.4 Å². The van der Waals surface area contributed by atoms with Crippen molar-refractivity contribution in [3.8, 4) is 0 Å². The number of carbonyl (C=O) groups is 1. The lowest BCUT2D eigenvalue weighted by atomic mass is 9.77. The van der Waals surface area contributed by atoms with E-state index in [4.69, 9.17) is 0 Å². The second-order valence-electron chi connectivity index (χ2n) is 6.61. The van der Waals surface area contributed by atoms with E-state index >= 15 is 0 Å². The lowest BCUT2D eigenvalue weighted by Crippen LogP contribution is -2.20. The van der Waals surface area contributed by atoms with E-state index in [2.05, 4.69) is 47.1 Å². The maximum Gasteiger partial charge on any atom is 0.127 e. The van der Waals surface area contributed by atoms with Gasteiger partial charge >= 0.3 is 0 Å². The Labute approximate surface area is 130 Å². The Hall–Kier alpha value is -0.630. The molecule has 0 unspecified atom stereocenters. The summed E-state index contributed by atoms with van der Waals surface area (Å²) in [5.74, 6) is 0.467. The summed E-state index contributed by atoms with van der Waals surface area (Å²) >= 11 is 3.51. The minimum absolute atomic E-state index is 0.0474. The van der Waals surface area contributed by atoms with Crippen molar-refractivity contribution < 1.29 is 4.79 Å². The normalized spacial score (nSPS) is 35.4. The smallest absolute Gasteiger partial charge is 0.127 e. The Morgan fingerprint density at radius 3 is 2.60 bits per heavy atom. The van der Waals surface area contributed by atoms with Crippen molar-refractivity contribution in [2.24, 2.45) is 10.8 Å². The van der Waals surface area contributed by atoms with Gasteiger partial charge in [-0.1, -0.05) is 60.7 Å². The van der Waals surface area contributed by atoms with Crippen LogP contribution in [0.3, 0.4) is 0 Å². The third kappa shape index (κ3) is 1.91. The van der Waals surface area contributed by atoms with E-state index in [1.807, 2.05) is 0 Å². The first-order valence-electron chi connectivity index (χ1n) is 7.92. The van der Waals surface area contributed by atoms with Gasteiger partial charge in [0, 0.05) is 15.8 Å². The zero-order valence-corrected chi connectivity index (χ0v) is 13.8. The summed E-state index contributed by atoms with van der Waals surface area (Å²) in [6, 6.07) is 8.66. The quantitative estimate of drug-likeness (QED) is 0.651. The highest BCUT2D eigenvalue weighted by Crippen LogP contribution is 2.80. The SMILES string of the molecule is CCCC[C@]12CCCC[C@@]1(C=O)[C@@H]2c1ccc(Br)cc1. The van der Waals surface area contributed by atoms with Crippen LogP contribution in [0.2, 0.25) is 0 Å². The average Bonchev–Trinajstić information content (AvgIpc) is 3.10. The minimum atomic E-state index is -0.0474. The lowest BCUT2D eigenvalue weighted by molar-refractivity contribution is -0.114. The van der Waals surface area contributed by atoms with Gasteiger partial charge in [0.2, 0.25) is 0 Å². The van der Waals surface area contributed by atoms with Crippen LogP contribution in [-0.4, -0.2) is 6.29 Å². The van der Waals surface area contributed by atoms with E-state index in [0.717, 1.165) is 10.9 Å². The van der Waals surface area contributed by atoms with Crippen LogP contribution in [0, 0.1) is 10.8 Å². The van der Waals surface area contributed by atoms with Crippen molar-refractivity contribution >= 4 is 22.2 Å². The van der Waals surface area contributed by atoms with E-state index in [-0.39, 0.29) is 10.8 Å². The standard InChI is InChI=1S/C18H23BrO/c1-2-3-10-17-11-4-5-12-18(17,13-20)16(17)14-6-8-15(19)9-7-14/h6-9,13,16H,2-5,10-12H2,1H3/t16-,17-,18-/m1/s1. The van der Waals surface area contributed by atoms with Crippen LogP contribution in [0.25, 0.3) is 0 Å². The predicted octanol–water partition coefficient (Wildman–Crippen LogP) is 5.48. The molecule has 1 aromatic carbocycles. The van der Waals surface area contributed by atoms with Crippen LogP contribution >= 0.6 is 15.9 Å². The lowest BCUT2D eigenvalue weighted by Gasteiger charge is -2.26. The summed E-state index contributed by atoms with van der Waals surface area (Å²) in [4.78, 5) is 11.9. The van der Waals surface area contributed by atoms with Crippen molar-refractivity contribution in [2.75, 3.05) is 0 Å². The number of aldehydes is 1. The first kappa shape index (κ1) is 14.3. The largest absolute Gasteiger partial charge is 0.303 e. The molecule has 0 aliphatic heterocycles. The van der Waals surface area contributed by atoms with Gasteiger partial charge in [0.15, 0.2) is 0 Å². The van der Waals surface area contributed by atoms with E-state index in [1.165, 1.54) is 50.4 Å². The number of unbranched alkanes of at least 4 members (excludes halogenated alkanes) is 1. The molecule has 0 spiro atoms. The van der Waals surface area contributed by atoms with Crippen LogP contribution in [0.1, 0.15) is 63.4 Å². The van der Waals surface area contributed by atoms with E-state index in [0.29, 0.717) is 5.92 Å². The van der Waals surface area contributed by atoms with Gasteiger partial charge in [0.1, 0.15) is 6.29 Å². The Morgan fingerprint density at radius 2 is 1.95 bits per heavy atom. The Kier molecular flexibility index (Phi) is 3.79. The summed E-state index contributed by atoms with van der Waals surface area (Å²) in [6.45, 7) is 2.25. The third-order valence-corrected chi connectivity index (χ3v) is 6.29. The van der Waals surface area contributed by atoms with Gasteiger partial charge in [0.25, 0.3) is 0 Å². The molecular formula is C18H23BrO. The molecule has 0 saturated heterocycles. The number of hydrogen-bond acceptors (Lipinski definition) is 1. The highest BCUT2D eigenvalue weighted by Gasteiger charge is 2.75. The van der Waals surface area contributed by atoms with Gasteiger partial charge < -0.3 is 4.79 Å². The van der Waals surface area contributed by atoms with Crippen LogP contribution in [0.5, 0.6) is 0 Å². The number of hydrogen-bond donors (Lipinski definition) is 0. The molecule has 3 rings (SSSR count). The van der Waals surface area contributed by atoms with E-state index < -0.39 is 0 Å². The number of halogens is 1. The zero-order valence-electron chi connectivity index (χ0n) is 12.2. The summed E-state index contributed by atoms with van der Waals surface area (Å²) in [5.41, 5.74) is 1.60. The highest BCUT2D eigenvalue weighted by molar-refractivity contribution is 9.10. The van der Waals surface area contributed by atoms with Crippen molar-refractivity contribution in [1.82, 2.24) is 0 Å². The second kappa shape index (κ2) is 5.29. The van der Waals surface area contributed by atoms with Crippen LogP contribution in [0.15, 0.2) is 28.7 Å². The molecule has 108 valence electrons.